The Bertz CT molecular complexity index is 897. The molecule has 126 valence electrons. The number of anilines is 1. The quantitative estimate of drug-likeness (QED) is 0.372. The van der Waals surface area contributed by atoms with Crippen LogP contribution in [0.2, 0.25) is 0 Å². The van der Waals surface area contributed by atoms with Gasteiger partial charge in [-0.3, -0.25) is 0 Å². The maximum Gasteiger partial charge on any atom is 0.263 e. The molecule has 8 heteroatoms. The second-order valence-electron chi connectivity index (χ2n) is 5.01. The van der Waals surface area contributed by atoms with Crippen molar-refractivity contribution in [2.75, 3.05) is 12.5 Å². The summed E-state index contributed by atoms with van der Waals surface area (Å²) in [5.41, 5.74) is 4.78. The van der Waals surface area contributed by atoms with Crippen LogP contribution in [0.25, 0.3) is 11.3 Å². The number of ether oxygens (including phenoxy) is 1. The summed E-state index contributed by atoms with van der Waals surface area (Å²) in [6, 6.07) is 11.8. The molecule has 3 rings (SSSR count). The van der Waals surface area contributed by atoms with E-state index in [0.29, 0.717) is 11.3 Å². The molecule has 0 aliphatic heterocycles. The minimum atomic E-state index is -0.219. The molecule has 1 heterocycles. The second-order valence-corrected chi connectivity index (χ2v) is 5.01. The van der Waals surface area contributed by atoms with E-state index in [4.69, 9.17) is 4.74 Å². The van der Waals surface area contributed by atoms with E-state index >= 15 is 0 Å². The van der Waals surface area contributed by atoms with Crippen molar-refractivity contribution in [1.29, 1.82) is 0 Å². The van der Waals surface area contributed by atoms with Crippen LogP contribution in [0.15, 0.2) is 53.8 Å². The molecular weight excluding hydrogens is 322 g/mol. The van der Waals surface area contributed by atoms with Gasteiger partial charge in [0.15, 0.2) is 11.5 Å². The maximum absolute atomic E-state index is 9.44. The van der Waals surface area contributed by atoms with Gasteiger partial charge < -0.3 is 14.9 Å². The number of rotatable bonds is 5. The molecule has 25 heavy (non-hydrogen) atoms. The predicted octanol–water partition coefficient (Wildman–Crippen LogP) is 2.40. The zero-order chi connectivity index (χ0) is 17.6. The average Bonchev–Trinajstić information content (AvgIpc) is 2.65. The van der Waals surface area contributed by atoms with Gasteiger partial charge in [0, 0.05) is 5.56 Å². The molecule has 3 N–H and O–H groups in total. The number of hydrogen-bond donors (Lipinski definition) is 3. The molecule has 0 saturated heterocycles. The van der Waals surface area contributed by atoms with Gasteiger partial charge in [-0.1, -0.05) is 0 Å². The first-order chi connectivity index (χ1) is 12.2. The van der Waals surface area contributed by atoms with Crippen LogP contribution in [0.4, 0.5) is 5.95 Å². The summed E-state index contributed by atoms with van der Waals surface area (Å²) in [5, 5.41) is 30.5. The summed E-state index contributed by atoms with van der Waals surface area (Å²) in [7, 11) is 1.61. The van der Waals surface area contributed by atoms with E-state index < -0.39 is 0 Å². The highest BCUT2D eigenvalue weighted by Crippen LogP contribution is 2.24. The monoisotopic (exact) mass is 337 g/mol. The van der Waals surface area contributed by atoms with Gasteiger partial charge in [0.1, 0.15) is 5.75 Å². The van der Waals surface area contributed by atoms with Crippen LogP contribution in [0.5, 0.6) is 17.2 Å². The minimum Gasteiger partial charge on any atom is -0.504 e. The standard InChI is InChI=1S/C17H15N5O3/c1-25-13-5-3-12(4-6-13)14-10-19-22-17(20-14)21-18-9-11-2-7-15(23)16(24)8-11/h2-10,23-24H,1H3,(H,20,21,22). The van der Waals surface area contributed by atoms with E-state index in [1.54, 1.807) is 19.4 Å². The molecule has 0 fully saturated rings. The summed E-state index contributed by atoms with van der Waals surface area (Å²) in [6.45, 7) is 0. The van der Waals surface area contributed by atoms with Crippen molar-refractivity contribution < 1.29 is 14.9 Å². The maximum atomic E-state index is 9.44. The number of benzene rings is 2. The third-order valence-electron chi connectivity index (χ3n) is 3.32. The fourth-order valence-electron chi connectivity index (χ4n) is 2.04. The van der Waals surface area contributed by atoms with Gasteiger partial charge in [0.25, 0.3) is 5.95 Å². The summed E-state index contributed by atoms with van der Waals surface area (Å²) in [5.74, 6) is 0.576. The Morgan fingerprint density at radius 3 is 2.60 bits per heavy atom. The van der Waals surface area contributed by atoms with Crippen LogP contribution in [-0.2, 0) is 0 Å². The molecule has 0 amide bonds. The summed E-state index contributed by atoms with van der Waals surface area (Å²) in [6.07, 6.45) is 3.01. The lowest BCUT2D eigenvalue weighted by molar-refractivity contribution is 0.403. The van der Waals surface area contributed by atoms with Crippen molar-refractivity contribution in [2.45, 2.75) is 0 Å². The third kappa shape index (κ3) is 3.99. The predicted molar refractivity (Wildman–Crippen MR) is 92.8 cm³/mol. The van der Waals surface area contributed by atoms with E-state index in [1.807, 2.05) is 24.3 Å². The number of phenolic OH excluding ortho intramolecular Hbond substituents is 2. The first kappa shape index (κ1) is 16.2. The van der Waals surface area contributed by atoms with Crippen molar-refractivity contribution in [3.8, 4) is 28.5 Å². The highest BCUT2D eigenvalue weighted by molar-refractivity contribution is 5.81. The van der Waals surface area contributed by atoms with Crippen LogP contribution < -0.4 is 10.2 Å². The normalized spacial score (nSPS) is 10.8. The van der Waals surface area contributed by atoms with Gasteiger partial charge in [-0.15, -0.1) is 5.10 Å². The molecule has 0 radical (unpaired) electrons. The molecule has 0 atom stereocenters. The van der Waals surface area contributed by atoms with Gasteiger partial charge in [0.05, 0.1) is 25.2 Å². The number of hydrazone groups is 1. The molecule has 1 aromatic heterocycles. The Balaban J connectivity index is 1.72. The highest BCUT2D eigenvalue weighted by Gasteiger charge is 2.03. The van der Waals surface area contributed by atoms with Crippen LogP contribution in [0.1, 0.15) is 5.56 Å². The fraction of sp³-hybridized carbons (Fsp3) is 0.0588. The number of aromatic nitrogens is 3. The molecule has 0 unspecified atom stereocenters. The van der Waals surface area contributed by atoms with Gasteiger partial charge in [0.2, 0.25) is 0 Å². The Kier molecular flexibility index (Phi) is 4.70. The van der Waals surface area contributed by atoms with Crippen molar-refractivity contribution in [2.24, 2.45) is 5.10 Å². The molecule has 0 aliphatic carbocycles. The first-order valence-corrected chi connectivity index (χ1v) is 7.31. The van der Waals surface area contributed by atoms with Crippen LogP contribution in [-0.4, -0.2) is 38.7 Å². The van der Waals surface area contributed by atoms with E-state index in [9.17, 15) is 10.2 Å². The van der Waals surface area contributed by atoms with E-state index in [1.165, 1.54) is 18.3 Å². The Morgan fingerprint density at radius 1 is 1.08 bits per heavy atom. The van der Waals surface area contributed by atoms with Gasteiger partial charge in [-0.2, -0.15) is 10.2 Å². The van der Waals surface area contributed by atoms with E-state index in [2.05, 4.69) is 25.7 Å². The van der Waals surface area contributed by atoms with Gasteiger partial charge in [-0.05, 0) is 48.0 Å². The molecule has 0 spiro atoms. The Morgan fingerprint density at radius 2 is 1.88 bits per heavy atom. The number of aromatic hydroxyl groups is 2. The molecule has 0 saturated carbocycles. The molecule has 3 aromatic rings. The summed E-state index contributed by atoms with van der Waals surface area (Å²) >= 11 is 0. The van der Waals surface area contributed by atoms with E-state index in [0.717, 1.165) is 11.3 Å². The number of methoxy groups -OCH3 is 1. The lowest BCUT2D eigenvalue weighted by atomic mass is 10.1. The SMILES string of the molecule is COc1ccc(-c2cnnc(NN=Cc3ccc(O)c(O)c3)n2)cc1. The van der Waals surface area contributed by atoms with Crippen LogP contribution >= 0.6 is 0 Å². The summed E-state index contributed by atoms with van der Waals surface area (Å²) < 4.78 is 5.13. The average molecular weight is 337 g/mol. The van der Waals surface area contributed by atoms with Crippen LogP contribution in [0, 0.1) is 0 Å². The Labute approximate surface area is 143 Å². The first-order valence-electron chi connectivity index (χ1n) is 7.31. The van der Waals surface area contributed by atoms with Crippen molar-refractivity contribution in [1.82, 2.24) is 15.2 Å². The lowest BCUT2D eigenvalue weighted by Gasteiger charge is -2.04. The number of nitrogens with zero attached hydrogens (tertiary/aromatic N) is 4. The van der Waals surface area contributed by atoms with Gasteiger partial charge in [-0.25, -0.2) is 10.4 Å². The number of nitrogens with one attached hydrogen (secondary N) is 1. The van der Waals surface area contributed by atoms with Crippen molar-refractivity contribution in [3.63, 3.8) is 0 Å². The lowest BCUT2D eigenvalue weighted by Crippen LogP contribution is -2.00. The topological polar surface area (TPSA) is 113 Å². The number of hydrogen-bond acceptors (Lipinski definition) is 8. The molecule has 2 aromatic carbocycles. The van der Waals surface area contributed by atoms with Crippen molar-refractivity contribution in [3.05, 3.63) is 54.2 Å². The molecule has 0 bridgehead atoms. The second kappa shape index (κ2) is 7.26. The molecule has 8 nitrogen and oxygen atoms in total. The summed E-state index contributed by atoms with van der Waals surface area (Å²) in [4.78, 5) is 4.33. The third-order valence-corrected chi connectivity index (χ3v) is 3.32. The van der Waals surface area contributed by atoms with E-state index in [-0.39, 0.29) is 17.4 Å². The zero-order valence-electron chi connectivity index (χ0n) is 13.3. The highest BCUT2D eigenvalue weighted by atomic mass is 16.5. The zero-order valence-corrected chi connectivity index (χ0v) is 13.3. The minimum absolute atomic E-state index is 0.190. The fourth-order valence-corrected chi connectivity index (χ4v) is 2.04. The van der Waals surface area contributed by atoms with Crippen LogP contribution in [0.3, 0.4) is 0 Å². The largest absolute Gasteiger partial charge is 0.504 e. The smallest absolute Gasteiger partial charge is 0.263 e. The Hall–Kier alpha value is -3.68. The molecular formula is C17H15N5O3. The van der Waals surface area contributed by atoms with Gasteiger partial charge >= 0.3 is 0 Å². The number of phenols is 2. The molecule has 0 aliphatic rings. The van der Waals surface area contributed by atoms with Crippen molar-refractivity contribution >= 4 is 12.2 Å².